The van der Waals surface area contributed by atoms with Crippen molar-refractivity contribution in [2.75, 3.05) is 0 Å². The van der Waals surface area contributed by atoms with Gasteiger partial charge in [0, 0.05) is 6.20 Å². The molecule has 5 nitrogen and oxygen atoms in total. The van der Waals surface area contributed by atoms with Gasteiger partial charge in [-0.15, -0.1) is 5.10 Å². The van der Waals surface area contributed by atoms with E-state index in [0.29, 0.717) is 28.0 Å². The van der Waals surface area contributed by atoms with Crippen LogP contribution in [-0.2, 0) is 0 Å². The number of rotatable bonds is 2. The van der Waals surface area contributed by atoms with Crippen molar-refractivity contribution < 1.29 is 0 Å². The van der Waals surface area contributed by atoms with Gasteiger partial charge in [-0.25, -0.2) is 0 Å². The number of hydrogen-bond donors (Lipinski definition) is 0. The Morgan fingerprint density at radius 1 is 0.870 bits per heavy atom. The molecule has 1 aromatic carbocycles. The molecule has 0 N–H and O–H groups in total. The number of fused-ring (bicyclic) bond motifs is 1. The summed E-state index contributed by atoms with van der Waals surface area (Å²) in [6, 6.07) is 15.1. The first kappa shape index (κ1) is 14.1. The Kier molecular flexibility index (Phi) is 3.44. The molecule has 23 heavy (non-hydrogen) atoms. The summed E-state index contributed by atoms with van der Waals surface area (Å²) in [5.74, 6) is 0.779. The van der Waals surface area contributed by atoms with Crippen LogP contribution in [0.4, 0.5) is 0 Å². The van der Waals surface area contributed by atoms with Crippen molar-refractivity contribution in [3.63, 3.8) is 0 Å². The summed E-state index contributed by atoms with van der Waals surface area (Å²) in [6.45, 7) is 0. The number of benzene rings is 1. The molecule has 0 atom stereocenters. The lowest BCUT2D eigenvalue weighted by Gasteiger charge is -2.07. The van der Waals surface area contributed by atoms with Gasteiger partial charge in [0.25, 0.3) is 5.78 Å². The maximum atomic E-state index is 6.50. The van der Waals surface area contributed by atoms with Crippen molar-refractivity contribution >= 4 is 29.0 Å². The summed E-state index contributed by atoms with van der Waals surface area (Å²) in [4.78, 5) is 12.9. The molecule has 4 aromatic rings. The summed E-state index contributed by atoms with van der Waals surface area (Å²) < 4.78 is 1.47. The van der Waals surface area contributed by atoms with Gasteiger partial charge >= 0.3 is 0 Å². The molecule has 7 heteroatoms. The Hall–Kier alpha value is -2.50. The highest BCUT2D eigenvalue weighted by Gasteiger charge is 2.18. The maximum absolute atomic E-state index is 6.50. The Morgan fingerprint density at radius 3 is 2.39 bits per heavy atom. The zero-order chi connectivity index (χ0) is 15.8. The van der Waals surface area contributed by atoms with Crippen LogP contribution < -0.4 is 0 Å². The van der Waals surface area contributed by atoms with E-state index in [9.17, 15) is 0 Å². The molecule has 0 radical (unpaired) electrons. The monoisotopic (exact) mass is 341 g/mol. The lowest BCUT2D eigenvalue weighted by atomic mass is 10.1. The fourth-order valence-corrected chi connectivity index (χ4v) is 2.92. The van der Waals surface area contributed by atoms with Gasteiger partial charge in [-0.3, -0.25) is 4.98 Å². The van der Waals surface area contributed by atoms with Crippen LogP contribution >= 0.6 is 23.2 Å². The van der Waals surface area contributed by atoms with Gasteiger partial charge in [0.05, 0.1) is 5.56 Å². The Bertz CT molecular complexity index is 984. The molecular weight excluding hydrogens is 333 g/mol. The third kappa shape index (κ3) is 2.44. The summed E-state index contributed by atoms with van der Waals surface area (Å²) in [5.41, 5.74) is 2.14. The fraction of sp³-hybridized carbons (Fsp3) is 0. The van der Waals surface area contributed by atoms with E-state index in [4.69, 9.17) is 23.2 Å². The second-order valence-electron chi connectivity index (χ2n) is 4.80. The van der Waals surface area contributed by atoms with Crippen LogP contribution in [0.15, 0.2) is 54.7 Å². The lowest BCUT2D eigenvalue weighted by Crippen LogP contribution is -1.97. The van der Waals surface area contributed by atoms with Gasteiger partial charge in [-0.05, 0) is 17.7 Å². The molecule has 0 saturated heterocycles. The van der Waals surface area contributed by atoms with Crippen LogP contribution in [0.3, 0.4) is 0 Å². The van der Waals surface area contributed by atoms with Crippen molar-refractivity contribution in [2.45, 2.75) is 0 Å². The minimum Gasteiger partial charge on any atom is -0.253 e. The molecule has 0 aliphatic heterocycles. The first-order chi connectivity index (χ1) is 11.2. The van der Waals surface area contributed by atoms with E-state index >= 15 is 0 Å². The molecule has 3 heterocycles. The smallest absolute Gasteiger partial charge is 0.253 e. The van der Waals surface area contributed by atoms with Gasteiger partial charge in [0.2, 0.25) is 5.82 Å². The van der Waals surface area contributed by atoms with E-state index in [2.05, 4.69) is 20.1 Å². The van der Waals surface area contributed by atoms with Gasteiger partial charge in [-0.1, -0.05) is 59.6 Å². The topological polar surface area (TPSA) is 56.0 Å². The first-order valence-corrected chi connectivity index (χ1v) is 7.58. The van der Waals surface area contributed by atoms with Crippen LogP contribution in [0.5, 0.6) is 0 Å². The zero-order valence-corrected chi connectivity index (χ0v) is 13.2. The SMILES string of the molecule is Clc1nc2nc(-c3ccccn3)nn2c(Cl)c1-c1ccccc1. The molecule has 112 valence electrons. The van der Waals surface area contributed by atoms with E-state index in [1.165, 1.54) is 4.52 Å². The second kappa shape index (κ2) is 5.61. The molecule has 0 saturated carbocycles. The highest BCUT2D eigenvalue weighted by molar-refractivity contribution is 6.38. The second-order valence-corrected chi connectivity index (χ2v) is 5.51. The average Bonchev–Trinajstić information content (AvgIpc) is 3.01. The number of pyridine rings is 1. The largest absolute Gasteiger partial charge is 0.255 e. The highest BCUT2D eigenvalue weighted by atomic mass is 35.5. The normalized spacial score (nSPS) is 11.0. The van der Waals surface area contributed by atoms with Crippen LogP contribution in [0.1, 0.15) is 0 Å². The summed E-state index contributed by atoms with van der Waals surface area (Å²) >= 11 is 12.8. The molecule has 0 amide bonds. The van der Waals surface area contributed by atoms with E-state index < -0.39 is 0 Å². The van der Waals surface area contributed by atoms with Crippen molar-refractivity contribution in [1.82, 2.24) is 24.6 Å². The highest BCUT2D eigenvalue weighted by Crippen LogP contribution is 2.33. The van der Waals surface area contributed by atoms with Crippen LogP contribution in [0.2, 0.25) is 10.3 Å². The number of aromatic nitrogens is 5. The van der Waals surface area contributed by atoms with Crippen molar-refractivity contribution in [2.24, 2.45) is 0 Å². The molecule has 0 spiro atoms. The van der Waals surface area contributed by atoms with E-state index in [0.717, 1.165) is 5.56 Å². The van der Waals surface area contributed by atoms with E-state index in [1.807, 2.05) is 48.5 Å². The molecule has 3 aromatic heterocycles. The standard InChI is InChI=1S/C16H9Cl2N5/c17-13-12(10-6-2-1-3-7-10)14(18)23-16(20-13)21-15(22-23)11-8-4-5-9-19-11/h1-9H. The number of nitrogens with zero attached hydrogens (tertiary/aromatic N) is 5. The van der Waals surface area contributed by atoms with Crippen LogP contribution in [0.25, 0.3) is 28.4 Å². The minimum absolute atomic E-state index is 0.286. The van der Waals surface area contributed by atoms with Gasteiger partial charge in [-0.2, -0.15) is 14.5 Å². The van der Waals surface area contributed by atoms with Crippen LogP contribution in [0, 0.1) is 0 Å². The molecule has 4 rings (SSSR count). The predicted molar refractivity (Wildman–Crippen MR) is 89.5 cm³/mol. The van der Waals surface area contributed by atoms with Gasteiger partial charge in [0.15, 0.2) is 0 Å². The molecular formula is C16H9Cl2N5. The lowest BCUT2D eigenvalue weighted by molar-refractivity contribution is 0.943. The zero-order valence-electron chi connectivity index (χ0n) is 11.7. The Labute approximate surface area is 141 Å². The predicted octanol–water partition coefficient (Wildman–Crippen LogP) is 4.16. The van der Waals surface area contributed by atoms with Gasteiger partial charge < -0.3 is 0 Å². The quantitative estimate of drug-likeness (QED) is 0.513. The van der Waals surface area contributed by atoms with E-state index in [-0.39, 0.29) is 5.15 Å². The van der Waals surface area contributed by atoms with Crippen molar-refractivity contribution in [3.8, 4) is 22.6 Å². The number of hydrogen-bond acceptors (Lipinski definition) is 4. The molecule has 0 aliphatic rings. The van der Waals surface area contributed by atoms with Crippen molar-refractivity contribution in [1.29, 1.82) is 0 Å². The third-order valence-corrected chi connectivity index (χ3v) is 3.97. The minimum atomic E-state index is 0.286. The van der Waals surface area contributed by atoms with Gasteiger partial charge in [0.1, 0.15) is 16.0 Å². The Morgan fingerprint density at radius 2 is 1.65 bits per heavy atom. The summed E-state index contributed by atoms with van der Waals surface area (Å²) in [5, 5.41) is 5.05. The first-order valence-electron chi connectivity index (χ1n) is 6.82. The molecule has 0 aliphatic carbocycles. The van der Waals surface area contributed by atoms with Crippen molar-refractivity contribution in [3.05, 3.63) is 65.0 Å². The summed E-state index contributed by atoms with van der Waals surface area (Å²) in [7, 11) is 0. The Balaban J connectivity index is 1.95. The van der Waals surface area contributed by atoms with Crippen LogP contribution in [-0.4, -0.2) is 24.6 Å². The molecule has 0 unspecified atom stereocenters. The molecule has 0 fully saturated rings. The fourth-order valence-electron chi connectivity index (χ4n) is 2.29. The molecule has 0 bridgehead atoms. The summed E-state index contributed by atoms with van der Waals surface area (Å²) in [6.07, 6.45) is 1.68. The number of halogens is 2. The maximum Gasteiger partial charge on any atom is 0.255 e. The third-order valence-electron chi connectivity index (χ3n) is 3.34. The average molecular weight is 342 g/mol. The van der Waals surface area contributed by atoms with E-state index in [1.54, 1.807) is 6.20 Å².